The third-order valence-electron chi connectivity index (χ3n) is 2.00. The maximum atomic E-state index is 11.1. The minimum Gasteiger partial charge on any atom is -0.463 e. The van der Waals surface area contributed by atoms with Crippen LogP contribution in [0.2, 0.25) is 0 Å². The molecule has 0 unspecified atom stereocenters. The van der Waals surface area contributed by atoms with E-state index in [9.17, 15) is 4.79 Å². The largest absolute Gasteiger partial charge is 0.463 e. The molecule has 1 aromatic rings. The number of nitrogens with two attached hydrogens (primary N) is 2. The minimum absolute atomic E-state index is 0.297. The standard InChI is InChI=1S/C11H15N3O2/c1-3-16-10(15)5-4-8-6-9(12)11(13)14-7(8)2/h4-6H,3,12H2,1-2H3,(H2,13,14). The lowest BCUT2D eigenvalue weighted by Crippen LogP contribution is -2.02. The van der Waals surface area contributed by atoms with E-state index < -0.39 is 5.97 Å². The summed E-state index contributed by atoms with van der Waals surface area (Å²) >= 11 is 0. The van der Waals surface area contributed by atoms with Gasteiger partial charge in [0, 0.05) is 11.8 Å². The Morgan fingerprint density at radius 2 is 2.25 bits per heavy atom. The van der Waals surface area contributed by atoms with Crippen molar-refractivity contribution in [2.75, 3.05) is 18.1 Å². The van der Waals surface area contributed by atoms with E-state index in [0.717, 1.165) is 5.56 Å². The molecular weight excluding hydrogens is 206 g/mol. The molecule has 5 nitrogen and oxygen atoms in total. The molecule has 1 heterocycles. The van der Waals surface area contributed by atoms with Crippen molar-refractivity contribution >= 4 is 23.6 Å². The highest BCUT2D eigenvalue weighted by Crippen LogP contribution is 2.17. The maximum absolute atomic E-state index is 11.1. The Kier molecular flexibility index (Phi) is 3.88. The van der Waals surface area contributed by atoms with Gasteiger partial charge < -0.3 is 16.2 Å². The zero-order valence-corrected chi connectivity index (χ0v) is 9.36. The van der Waals surface area contributed by atoms with Crippen molar-refractivity contribution in [2.45, 2.75) is 13.8 Å². The number of anilines is 2. The molecule has 0 aliphatic rings. The molecule has 5 heteroatoms. The second-order valence-electron chi connectivity index (χ2n) is 3.22. The van der Waals surface area contributed by atoms with E-state index in [0.29, 0.717) is 23.8 Å². The van der Waals surface area contributed by atoms with Crippen LogP contribution in [0.3, 0.4) is 0 Å². The number of nitrogen functional groups attached to an aromatic ring is 2. The lowest BCUT2D eigenvalue weighted by atomic mass is 10.1. The molecule has 4 N–H and O–H groups in total. The molecule has 1 rings (SSSR count). The quantitative estimate of drug-likeness (QED) is 0.589. The molecular formula is C11H15N3O2. The lowest BCUT2D eigenvalue weighted by Gasteiger charge is -2.04. The van der Waals surface area contributed by atoms with E-state index in [2.05, 4.69) is 4.98 Å². The average Bonchev–Trinajstić information content (AvgIpc) is 2.22. The molecule has 86 valence electrons. The first-order valence-electron chi connectivity index (χ1n) is 4.92. The van der Waals surface area contributed by atoms with Gasteiger partial charge in [0.1, 0.15) is 5.82 Å². The fourth-order valence-corrected chi connectivity index (χ4v) is 1.17. The molecule has 0 bridgehead atoms. The van der Waals surface area contributed by atoms with Crippen LogP contribution in [0.25, 0.3) is 6.08 Å². The van der Waals surface area contributed by atoms with E-state index in [-0.39, 0.29) is 0 Å². The summed E-state index contributed by atoms with van der Waals surface area (Å²) in [6.07, 6.45) is 2.94. The maximum Gasteiger partial charge on any atom is 0.330 e. The Labute approximate surface area is 94.1 Å². The van der Waals surface area contributed by atoms with Crippen LogP contribution in [-0.2, 0) is 9.53 Å². The van der Waals surface area contributed by atoms with Gasteiger partial charge in [-0.25, -0.2) is 9.78 Å². The summed E-state index contributed by atoms with van der Waals surface area (Å²) in [5, 5.41) is 0. The van der Waals surface area contributed by atoms with Crippen LogP contribution < -0.4 is 11.5 Å². The Morgan fingerprint density at radius 3 is 2.88 bits per heavy atom. The van der Waals surface area contributed by atoms with E-state index >= 15 is 0 Å². The number of carbonyl (C=O) groups is 1. The highest BCUT2D eigenvalue weighted by Gasteiger charge is 2.02. The van der Waals surface area contributed by atoms with Gasteiger partial charge in [0.2, 0.25) is 0 Å². The van der Waals surface area contributed by atoms with E-state index in [4.69, 9.17) is 16.2 Å². The molecule has 0 amide bonds. The number of aryl methyl sites for hydroxylation is 1. The van der Waals surface area contributed by atoms with E-state index in [1.807, 2.05) is 0 Å². The Bertz CT molecular complexity index is 427. The first-order chi connectivity index (χ1) is 7.54. The number of esters is 1. The van der Waals surface area contributed by atoms with Gasteiger partial charge >= 0.3 is 5.97 Å². The van der Waals surface area contributed by atoms with Crippen LogP contribution >= 0.6 is 0 Å². The summed E-state index contributed by atoms with van der Waals surface area (Å²) in [5.74, 6) is -0.0944. The SMILES string of the molecule is CCOC(=O)C=Cc1cc(N)c(N)nc1C. The topological polar surface area (TPSA) is 91.2 Å². The molecule has 0 aliphatic carbocycles. The van der Waals surface area contributed by atoms with Crippen molar-refractivity contribution in [1.29, 1.82) is 0 Å². The molecule has 0 saturated carbocycles. The molecule has 0 aromatic carbocycles. The number of aromatic nitrogens is 1. The first kappa shape index (κ1) is 12.0. The van der Waals surface area contributed by atoms with E-state index in [1.165, 1.54) is 6.08 Å². The Hall–Kier alpha value is -2.04. The molecule has 0 saturated heterocycles. The van der Waals surface area contributed by atoms with Crippen molar-refractivity contribution < 1.29 is 9.53 Å². The lowest BCUT2D eigenvalue weighted by molar-refractivity contribution is -0.137. The normalized spacial score (nSPS) is 10.6. The molecule has 0 radical (unpaired) electrons. The van der Waals surface area contributed by atoms with Gasteiger partial charge in [0.25, 0.3) is 0 Å². The van der Waals surface area contributed by atoms with Crippen LogP contribution in [0.1, 0.15) is 18.2 Å². The number of rotatable bonds is 3. The zero-order chi connectivity index (χ0) is 12.1. The minimum atomic E-state index is -0.391. The van der Waals surface area contributed by atoms with E-state index in [1.54, 1.807) is 26.0 Å². The Morgan fingerprint density at radius 1 is 1.56 bits per heavy atom. The molecule has 0 spiro atoms. The van der Waals surface area contributed by atoms with Crippen LogP contribution in [0.4, 0.5) is 11.5 Å². The summed E-state index contributed by atoms with van der Waals surface area (Å²) in [6, 6.07) is 1.67. The number of nitrogens with zero attached hydrogens (tertiary/aromatic N) is 1. The molecule has 0 atom stereocenters. The van der Waals surface area contributed by atoms with Crippen molar-refractivity contribution in [1.82, 2.24) is 4.98 Å². The van der Waals surface area contributed by atoms with Gasteiger partial charge in [-0.2, -0.15) is 0 Å². The summed E-state index contributed by atoms with van der Waals surface area (Å²) < 4.78 is 4.76. The highest BCUT2D eigenvalue weighted by molar-refractivity contribution is 5.87. The van der Waals surface area contributed by atoms with Crippen LogP contribution in [0, 0.1) is 6.92 Å². The molecule has 1 aromatic heterocycles. The number of hydrogen-bond acceptors (Lipinski definition) is 5. The van der Waals surface area contributed by atoms with Crippen molar-refractivity contribution in [3.8, 4) is 0 Å². The number of hydrogen-bond donors (Lipinski definition) is 2. The number of carbonyl (C=O) groups excluding carboxylic acids is 1. The zero-order valence-electron chi connectivity index (χ0n) is 9.36. The van der Waals surface area contributed by atoms with Crippen molar-refractivity contribution in [3.63, 3.8) is 0 Å². The second kappa shape index (κ2) is 5.16. The van der Waals surface area contributed by atoms with Crippen LogP contribution in [0.5, 0.6) is 0 Å². The van der Waals surface area contributed by atoms with Gasteiger partial charge in [-0.05, 0) is 31.6 Å². The summed E-state index contributed by atoms with van der Waals surface area (Å²) in [6.45, 7) is 3.89. The monoisotopic (exact) mass is 221 g/mol. The number of ether oxygens (including phenoxy) is 1. The fourth-order valence-electron chi connectivity index (χ4n) is 1.17. The summed E-state index contributed by atoms with van der Waals surface area (Å²) in [7, 11) is 0. The highest BCUT2D eigenvalue weighted by atomic mass is 16.5. The van der Waals surface area contributed by atoms with Crippen molar-refractivity contribution in [3.05, 3.63) is 23.4 Å². The third kappa shape index (κ3) is 2.98. The number of pyridine rings is 1. The molecule has 0 aliphatic heterocycles. The first-order valence-corrected chi connectivity index (χ1v) is 4.92. The van der Waals surface area contributed by atoms with Crippen molar-refractivity contribution in [2.24, 2.45) is 0 Å². The third-order valence-corrected chi connectivity index (χ3v) is 2.00. The molecule has 0 fully saturated rings. The van der Waals surface area contributed by atoms with Gasteiger partial charge in [-0.15, -0.1) is 0 Å². The summed E-state index contributed by atoms with van der Waals surface area (Å²) in [4.78, 5) is 15.1. The van der Waals surface area contributed by atoms with Gasteiger partial charge in [0.15, 0.2) is 0 Å². The smallest absolute Gasteiger partial charge is 0.330 e. The summed E-state index contributed by atoms with van der Waals surface area (Å²) in [5.41, 5.74) is 13.0. The fraction of sp³-hybridized carbons (Fsp3) is 0.273. The van der Waals surface area contributed by atoms with Gasteiger partial charge in [-0.3, -0.25) is 0 Å². The van der Waals surface area contributed by atoms with Crippen LogP contribution in [-0.4, -0.2) is 17.6 Å². The van der Waals surface area contributed by atoms with Gasteiger partial charge in [0.05, 0.1) is 12.3 Å². The van der Waals surface area contributed by atoms with Crippen LogP contribution in [0.15, 0.2) is 12.1 Å². The second-order valence-corrected chi connectivity index (χ2v) is 3.22. The van der Waals surface area contributed by atoms with Gasteiger partial charge in [-0.1, -0.05) is 0 Å². The predicted molar refractivity (Wildman–Crippen MR) is 63.5 cm³/mol. The predicted octanol–water partition coefficient (Wildman–Crippen LogP) is 1.13. The Balaban J connectivity index is 2.89. The molecule has 16 heavy (non-hydrogen) atoms. The average molecular weight is 221 g/mol.